The third-order valence-electron chi connectivity index (χ3n) is 4.17. The van der Waals surface area contributed by atoms with Crippen molar-refractivity contribution >= 4 is 75.4 Å². The van der Waals surface area contributed by atoms with E-state index in [1.54, 1.807) is 13.8 Å². The van der Waals surface area contributed by atoms with Gasteiger partial charge in [-0.15, -0.1) is 0 Å². The molecular weight excluding hydrogens is 631 g/mol. The zero-order valence-corrected chi connectivity index (χ0v) is 25.7. The number of thiocarbonyl (C=S) groups is 2. The Morgan fingerprint density at radius 3 is 1.98 bits per heavy atom. The van der Waals surface area contributed by atoms with Crippen molar-refractivity contribution in [1.29, 1.82) is 0 Å². The van der Waals surface area contributed by atoms with Crippen molar-refractivity contribution in [3.63, 3.8) is 0 Å². The van der Waals surface area contributed by atoms with E-state index in [9.17, 15) is 19.2 Å². The van der Waals surface area contributed by atoms with Gasteiger partial charge in [0.2, 0.25) is 6.08 Å². The van der Waals surface area contributed by atoms with Gasteiger partial charge in [0.05, 0.1) is 40.9 Å². The molecule has 0 aliphatic heterocycles. The average Bonchev–Trinajstić information content (AvgIpc) is 2.89. The lowest BCUT2D eigenvalue weighted by molar-refractivity contribution is -0.134. The number of aliphatic hydroxyl groups excluding tert-OH is 1. The van der Waals surface area contributed by atoms with Gasteiger partial charge < -0.3 is 32.0 Å². The summed E-state index contributed by atoms with van der Waals surface area (Å²) in [5.41, 5.74) is 16.9. The Morgan fingerprint density at radius 1 is 1.07 bits per heavy atom. The quantitative estimate of drug-likeness (QED) is 0.0861. The van der Waals surface area contributed by atoms with Crippen molar-refractivity contribution < 1.29 is 19.4 Å². The second kappa shape index (κ2) is 18.9. The number of aliphatic imine (C=N–C) groups is 1. The Hall–Kier alpha value is -4.31. The lowest BCUT2D eigenvalue weighted by atomic mass is 10.3. The number of nitrogens with two attached hydrogens (primary N) is 3. The maximum atomic E-state index is 11.8. The van der Waals surface area contributed by atoms with E-state index < -0.39 is 17.2 Å². The van der Waals surface area contributed by atoms with Gasteiger partial charge in [-0.25, -0.2) is 23.9 Å². The van der Waals surface area contributed by atoms with Crippen LogP contribution in [0.3, 0.4) is 0 Å². The number of hydrogen-bond acceptors (Lipinski definition) is 12. The molecule has 3 heterocycles. The molecule has 8 N–H and O–H groups in total. The Kier molecular flexibility index (Phi) is 17.0. The largest absolute Gasteiger partial charge is 0.466 e. The first-order valence-electron chi connectivity index (χ1n) is 11.0. The van der Waals surface area contributed by atoms with Crippen LogP contribution in [-0.4, -0.2) is 60.9 Å². The molecule has 0 unspecified atom stereocenters. The zero-order valence-electron chi connectivity index (χ0n) is 22.5. The minimum atomic E-state index is -0.564. The number of nitrogens with zero attached hydrogens (tertiary/aromatic N) is 4. The molecule has 0 aliphatic rings. The molecule has 0 fully saturated rings. The van der Waals surface area contributed by atoms with E-state index >= 15 is 0 Å². The Morgan fingerprint density at radius 2 is 1.60 bits per heavy atom. The highest BCUT2D eigenvalue weighted by atomic mass is 35.5. The molecule has 42 heavy (non-hydrogen) atoms. The van der Waals surface area contributed by atoms with Gasteiger partial charge in [0.1, 0.15) is 21.4 Å². The van der Waals surface area contributed by atoms with E-state index in [0.29, 0.717) is 22.8 Å². The molecule has 0 atom stereocenters. The summed E-state index contributed by atoms with van der Waals surface area (Å²) >= 11 is 21.1. The first-order valence-corrected chi connectivity index (χ1v) is 12.6. The van der Waals surface area contributed by atoms with Gasteiger partial charge in [-0.1, -0.05) is 47.6 Å². The SMILES string of the molecule is CO.COC(=O)/C=C(/C)N.Cc1cc(=O)n(-c2cnc(C(N)=S)c(Cl)c2)c(=O)[nH]1.NC(=S)c1ncc(N=C=O)cc1Cl. The summed E-state index contributed by atoms with van der Waals surface area (Å²) in [6, 6.07) is 4.15. The third-order valence-corrected chi connectivity index (χ3v) is 5.13. The van der Waals surface area contributed by atoms with Crippen molar-refractivity contribution in [3.8, 4) is 5.69 Å². The smallest absolute Gasteiger partial charge is 0.333 e. The lowest BCUT2D eigenvalue weighted by Gasteiger charge is -2.07. The molecule has 0 saturated heterocycles. The molecule has 224 valence electrons. The Balaban J connectivity index is 0.000000635. The average molecular weight is 658 g/mol. The monoisotopic (exact) mass is 656 g/mol. The van der Waals surface area contributed by atoms with Gasteiger partial charge in [-0.05, 0) is 26.0 Å². The van der Waals surface area contributed by atoms with Crippen LogP contribution in [0.25, 0.3) is 5.69 Å². The van der Waals surface area contributed by atoms with E-state index in [0.717, 1.165) is 11.7 Å². The molecule has 0 amide bonds. The van der Waals surface area contributed by atoms with Gasteiger partial charge in [-0.2, -0.15) is 4.99 Å². The number of pyridine rings is 2. The second-order valence-corrected chi connectivity index (χ2v) is 9.02. The van der Waals surface area contributed by atoms with Gasteiger partial charge in [0.25, 0.3) is 5.56 Å². The number of carbonyl (C=O) groups excluding carboxylic acids is 2. The molecule has 0 aromatic carbocycles. The normalized spacial score (nSPS) is 9.74. The summed E-state index contributed by atoms with van der Waals surface area (Å²) < 4.78 is 5.19. The van der Waals surface area contributed by atoms with Crippen LogP contribution in [0, 0.1) is 6.92 Å². The summed E-state index contributed by atoms with van der Waals surface area (Å²) in [5.74, 6) is -0.412. The number of aliphatic hydroxyl groups is 1. The van der Waals surface area contributed by atoms with Gasteiger partial charge in [0.15, 0.2) is 0 Å². The number of H-pyrrole nitrogens is 1. The molecule has 0 radical (unpaired) electrons. The van der Waals surface area contributed by atoms with Crippen LogP contribution in [0.2, 0.25) is 10.0 Å². The van der Waals surface area contributed by atoms with E-state index in [-0.39, 0.29) is 31.4 Å². The minimum absolute atomic E-state index is 0.0433. The first-order chi connectivity index (χ1) is 19.7. The molecule has 3 aromatic rings. The molecule has 0 aliphatic carbocycles. The van der Waals surface area contributed by atoms with Crippen LogP contribution in [0.4, 0.5) is 5.69 Å². The van der Waals surface area contributed by atoms with Gasteiger partial charge in [-0.3, -0.25) is 9.78 Å². The van der Waals surface area contributed by atoms with Crippen molar-refractivity contribution in [3.05, 3.63) is 90.3 Å². The van der Waals surface area contributed by atoms with E-state index in [1.807, 2.05) is 0 Å². The second-order valence-electron chi connectivity index (χ2n) is 7.32. The predicted octanol–water partition coefficient (Wildman–Crippen LogP) is 1.48. The van der Waals surface area contributed by atoms with Crippen LogP contribution in [-0.2, 0) is 14.3 Å². The van der Waals surface area contributed by atoms with Gasteiger partial charge >= 0.3 is 11.7 Å². The fraction of sp³-hybridized carbons (Fsp3) is 0.167. The number of methoxy groups -OCH3 is 1. The standard InChI is InChI=1S/C11H9ClN4O2S.C7H4ClN3OS.C5H9NO2.CH4O/c1-5-2-8(17)16(11(18)15-5)6-3-7(12)9(10(13)19)14-4-6;8-5-1-4(11-3-12)2-10-6(5)7(9)13;1-4(6)3-5(7)8-2;1-2/h2-4H,1H3,(H2,13,19)(H,15,18);1-2H,(H2,9,13);3H,6H2,1-2H3;2H,1H3/b;;4-3-;. The molecule has 3 rings (SSSR count). The number of aryl methyl sites for hydroxylation is 1. The zero-order chi connectivity index (χ0) is 32.6. The Bertz CT molecular complexity index is 1600. The number of allylic oxidation sites excluding steroid dienone is 1. The topological polar surface area (TPSA) is 235 Å². The van der Waals surface area contributed by atoms with Crippen molar-refractivity contribution in [1.82, 2.24) is 19.5 Å². The number of hydrogen-bond donors (Lipinski definition) is 5. The fourth-order valence-corrected chi connectivity index (χ4v) is 3.52. The highest BCUT2D eigenvalue weighted by Crippen LogP contribution is 2.20. The molecule has 14 nitrogen and oxygen atoms in total. The van der Waals surface area contributed by atoms with Crippen LogP contribution in [0.15, 0.2) is 56.9 Å². The lowest BCUT2D eigenvalue weighted by Crippen LogP contribution is -2.33. The number of carbonyl (C=O) groups is 1. The molecule has 0 saturated carbocycles. The minimum Gasteiger partial charge on any atom is -0.466 e. The number of ether oxygens (including phenoxy) is 1. The third kappa shape index (κ3) is 12.5. The van der Waals surface area contributed by atoms with Crippen molar-refractivity contribution in [2.24, 2.45) is 22.2 Å². The van der Waals surface area contributed by atoms with Gasteiger partial charge in [0, 0.05) is 30.6 Å². The van der Waals surface area contributed by atoms with Crippen LogP contribution in [0.1, 0.15) is 24.0 Å². The highest BCUT2D eigenvalue weighted by Gasteiger charge is 2.10. The summed E-state index contributed by atoms with van der Waals surface area (Å²) in [6.45, 7) is 3.24. The van der Waals surface area contributed by atoms with Crippen LogP contribution < -0.4 is 28.5 Å². The molecule has 0 spiro atoms. The predicted molar refractivity (Wildman–Crippen MR) is 167 cm³/mol. The molecule has 18 heteroatoms. The van der Waals surface area contributed by atoms with E-state index in [1.165, 1.54) is 49.9 Å². The number of halogens is 2. The van der Waals surface area contributed by atoms with E-state index in [4.69, 9.17) is 57.7 Å². The number of isocyanates is 1. The molecular formula is C24H26Cl2N8O6S2. The number of rotatable bonds is 5. The number of nitrogens with one attached hydrogen (secondary N) is 1. The van der Waals surface area contributed by atoms with Crippen LogP contribution in [0.5, 0.6) is 0 Å². The fourth-order valence-electron chi connectivity index (χ4n) is 2.55. The Labute approximate surface area is 259 Å². The molecule has 0 bridgehead atoms. The molecule has 3 aromatic heterocycles. The van der Waals surface area contributed by atoms with Crippen molar-refractivity contribution in [2.45, 2.75) is 13.8 Å². The maximum Gasteiger partial charge on any atom is 0.333 e. The first kappa shape index (κ1) is 37.7. The summed E-state index contributed by atoms with van der Waals surface area (Å²) in [6.07, 6.45) is 5.24. The van der Waals surface area contributed by atoms with E-state index in [2.05, 4.69) is 36.9 Å². The maximum absolute atomic E-state index is 11.8. The van der Waals surface area contributed by atoms with Crippen molar-refractivity contribution in [2.75, 3.05) is 14.2 Å². The summed E-state index contributed by atoms with van der Waals surface area (Å²) in [5, 5.41) is 7.45. The number of aromatic nitrogens is 4. The number of aromatic amines is 1. The van der Waals surface area contributed by atoms with Crippen LogP contribution >= 0.6 is 47.6 Å². The number of esters is 1. The summed E-state index contributed by atoms with van der Waals surface area (Å²) in [7, 11) is 2.31. The summed E-state index contributed by atoms with van der Waals surface area (Å²) in [4.78, 5) is 57.5. The highest BCUT2D eigenvalue weighted by molar-refractivity contribution is 7.80.